The summed E-state index contributed by atoms with van der Waals surface area (Å²) < 4.78 is 5.84. The van der Waals surface area contributed by atoms with E-state index in [4.69, 9.17) is 4.74 Å². The Balaban J connectivity index is 2.45. The molecule has 0 aliphatic heterocycles. The van der Waals surface area contributed by atoms with E-state index in [0.29, 0.717) is 23.6 Å². The summed E-state index contributed by atoms with van der Waals surface area (Å²) in [7, 11) is 0. The van der Waals surface area contributed by atoms with E-state index in [-0.39, 0.29) is 0 Å². The predicted molar refractivity (Wildman–Crippen MR) is 74.3 cm³/mol. The zero-order chi connectivity index (χ0) is 13.1. The summed E-state index contributed by atoms with van der Waals surface area (Å²) in [5, 5.41) is 3.80. The van der Waals surface area contributed by atoms with Gasteiger partial charge in [0.2, 0.25) is 0 Å². The fourth-order valence-corrected chi connectivity index (χ4v) is 3.13. The fraction of sp³-hybridized carbons (Fsp3) is 1.00. The number of rotatable bonds is 7. The Kier molecular flexibility index (Phi) is 5.46. The zero-order valence-electron chi connectivity index (χ0n) is 12.5. The van der Waals surface area contributed by atoms with Gasteiger partial charge in [-0.05, 0) is 39.0 Å². The van der Waals surface area contributed by atoms with Crippen LogP contribution in [0.3, 0.4) is 0 Å². The molecular formula is C15H31NO. The molecule has 0 spiro atoms. The van der Waals surface area contributed by atoms with Gasteiger partial charge in [-0.3, -0.25) is 0 Å². The van der Waals surface area contributed by atoms with E-state index in [9.17, 15) is 0 Å². The Morgan fingerprint density at radius 2 is 1.94 bits per heavy atom. The first-order valence-electron chi connectivity index (χ1n) is 7.31. The predicted octanol–water partition coefficient (Wildman–Crippen LogP) is 3.60. The van der Waals surface area contributed by atoms with Crippen molar-refractivity contribution in [2.24, 2.45) is 11.3 Å². The third-order valence-electron chi connectivity index (χ3n) is 4.42. The smallest absolute Gasteiger partial charge is 0.0658 e. The SMILES string of the molecule is CCOC1CC(NC(C)CC(C)C)C1(C)CC. The molecule has 0 bridgehead atoms. The summed E-state index contributed by atoms with van der Waals surface area (Å²) in [6.45, 7) is 14.5. The van der Waals surface area contributed by atoms with Crippen LogP contribution in [0.15, 0.2) is 0 Å². The molecule has 2 nitrogen and oxygen atoms in total. The van der Waals surface area contributed by atoms with Crippen LogP contribution < -0.4 is 5.32 Å². The van der Waals surface area contributed by atoms with E-state index < -0.39 is 0 Å². The Labute approximate surface area is 108 Å². The first-order chi connectivity index (χ1) is 7.93. The van der Waals surface area contributed by atoms with Crippen LogP contribution in [0, 0.1) is 11.3 Å². The lowest BCUT2D eigenvalue weighted by atomic mass is 9.61. The number of nitrogens with one attached hydrogen (secondary N) is 1. The van der Waals surface area contributed by atoms with Crippen molar-refractivity contribution < 1.29 is 4.74 Å². The van der Waals surface area contributed by atoms with Crippen molar-refractivity contribution in [1.82, 2.24) is 5.32 Å². The first kappa shape index (κ1) is 15.0. The van der Waals surface area contributed by atoms with Crippen molar-refractivity contribution in [3.05, 3.63) is 0 Å². The molecule has 0 heterocycles. The topological polar surface area (TPSA) is 21.3 Å². The summed E-state index contributed by atoms with van der Waals surface area (Å²) in [6.07, 6.45) is 4.10. The third-order valence-corrected chi connectivity index (χ3v) is 4.42. The molecule has 1 fully saturated rings. The highest BCUT2D eigenvalue weighted by molar-refractivity contribution is 5.05. The van der Waals surface area contributed by atoms with Crippen molar-refractivity contribution in [1.29, 1.82) is 0 Å². The second kappa shape index (κ2) is 6.19. The van der Waals surface area contributed by atoms with Gasteiger partial charge in [-0.25, -0.2) is 0 Å². The fourth-order valence-electron chi connectivity index (χ4n) is 3.13. The average Bonchev–Trinajstić information content (AvgIpc) is 2.25. The van der Waals surface area contributed by atoms with Crippen molar-refractivity contribution in [2.75, 3.05) is 6.61 Å². The normalized spacial score (nSPS) is 34.8. The maximum Gasteiger partial charge on any atom is 0.0658 e. The van der Waals surface area contributed by atoms with Gasteiger partial charge in [0.05, 0.1) is 6.10 Å². The molecule has 0 aromatic rings. The largest absolute Gasteiger partial charge is 0.378 e. The molecule has 17 heavy (non-hydrogen) atoms. The molecule has 102 valence electrons. The first-order valence-corrected chi connectivity index (χ1v) is 7.31. The van der Waals surface area contributed by atoms with Gasteiger partial charge in [0.25, 0.3) is 0 Å². The van der Waals surface area contributed by atoms with Gasteiger partial charge in [-0.15, -0.1) is 0 Å². The molecule has 1 saturated carbocycles. The van der Waals surface area contributed by atoms with Crippen molar-refractivity contribution >= 4 is 0 Å². The quantitative estimate of drug-likeness (QED) is 0.735. The van der Waals surface area contributed by atoms with E-state index in [1.807, 2.05) is 0 Å². The summed E-state index contributed by atoms with van der Waals surface area (Å²) >= 11 is 0. The van der Waals surface area contributed by atoms with Gasteiger partial charge in [0.15, 0.2) is 0 Å². The highest BCUT2D eigenvalue weighted by Crippen LogP contribution is 2.46. The molecule has 0 aromatic heterocycles. The Bertz CT molecular complexity index is 229. The standard InChI is InChI=1S/C15H31NO/c1-7-15(6)13(10-14(15)17-8-2)16-12(5)9-11(3)4/h11-14,16H,7-10H2,1-6H3. The summed E-state index contributed by atoms with van der Waals surface area (Å²) in [5.74, 6) is 0.771. The molecule has 0 saturated heterocycles. The van der Waals surface area contributed by atoms with Crippen LogP contribution in [0.2, 0.25) is 0 Å². The van der Waals surface area contributed by atoms with E-state index in [2.05, 4.69) is 46.9 Å². The average molecular weight is 241 g/mol. The minimum Gasteiger partial charge on any atom is -0.378 e. The van der Waals surface area contributed by atoms with E-state index in [1.54, 1.807) is 0 Å². The molecule has 2 heteroatoms. The van der Waals surface area contributed by atoms with Crippen LogP contribution in [0.4, 0.5) is 0 Å². The van der Waals surface area contributed by atoms with Crippen molar-refractivity contribution in [2.45, 2.75) is 79.0 Å². The number of ether oxygens (including phenoxy) is 1. The van der Waals surface area contributed by atoms with Gasteiger partial charge < -0.3 is 10.1 Å². The maximum atomic E-state index is 5.84. The molecule has 0 aromatic carbocycles. The zero-order valence-corrected chi connectivity index (χ0v) is 12.5. The maximum absolute atomic E-state index is 5.84. The van der Waals surface area contributed by atoms with Crippen LogP contribution in [-0.2, 0) is 4.74 Å². The van der Waals surface area contributed by atoms with Crippen LogP contribution in [0.1, 0.15) is 60.8 Å². The lowest BCUT2D eigenvalue weighted by molar-refractivity contribution is -0.128. The number of hydrogen-bond acceptors (Lipinski definition) is 2. The van der Waals surface area contributed by atoms with Crippen LogP contribution in [0.5, 0.6) is 0 Å². The van der Waals surface area contributed by atoms with Gasteiger partial charge in [0.1, 0.15) is 0 Å². The molecule has 0 amide bonds. The van der Waals surface area contributed by atoms with Gasteiger partial charge in [-0.2, -0.15) is 0 Å². The lowest BCUT2D eigenvalue weighted by Crippen LogP contribution is -2.63. The Morgan fingerprint density at radius 3 is 2.41 bits per heavy atom. The highest BCUT2D eigenvalue weighted by atomic mass is 16.5. The molecule has 1 aliphatic rings. The van der Waals surface area contributed by atoms with Gasteiger partial charge in [-0.1, -0.05) is 27.7 Å². The lowest BCUT2D eigenvalue weighted by Gasteiger charge is -2.54. The Hall–Kier alpha value is -0.0800. The van der Waals surface area contributed by atoms with Gasteiger partial charge in [0, 0.05) is 24.1 Å². The third kappa shape index (κ3) is 3.45. The molecule has 4 atom stereocenters. The van der Waals surface area contributed by atoms with Gasteiger partial charge >= 0.3 is 0 Å². The molecular weight excluding hydrogens is 210 g/mol. The molecule has 1 N–H and O–H groups in total. The van der Waals surface area contributed by atoms with Crippen LogP contribution in [-0.4, -0.2) is 24.8 Å². The minimum absolute atomic E-state index is 0.335. The minimum atomic E-state index is 0.335. The van der Waals surface area contributed by atoms with E-state index in [0.717, 1.165) is 12.5 Å². The van der Waals surface area contributed by atoms with E-state index >= 15 is 0 Å². The number of hydrogen-bond donors (Lipinski definition) is 1. The van der Waals surface area contributed by atoms with Crippen molar-refractivity contribution in [3.63, 3.8) is 0 Å². The van der Waals surface area contributed by atoms with E-state index in [1.165, 1.54) is 19.3 Å². The highest BCUT2D eigenvalue weighted by Gasteiger charge is 2.51. The van der Waals surface area contributed by atoms with Crippen LogP contribution in [0.25, 0.3) is 0 Å². The summed E-state index contributed by atoms with van der Waals surface area (Å²) in [5.41, 5.74) is 0.335. The second-order valence-corrected chi connectivity index (χ2v) is 6.29. The summed E-state index contributed by atoms with van der Waals surface area (Å²) in [4.78, 5) is 0. The monoisotopic (exact) mass is 241 g/mol. The van der Waals surface area contributed by atoms with Crippen LogP contribution >= 0.6 is 0 Å². The van der Waals surface area contributed by atoms with Crippen molar-refractivity contribution in [3.8, 4) is 0 Å². The molecule has 4 unspecified atom stereocenters. The second-order valence-electron chi connectivity index (χ2n) is 6.29. The molecule has 1 rings (SSSR count). The summed E-state index contributed by atoms with van der Waals surface area (Å²) in [6, 6.07) is 1.26. The Morgan fingerprint density at radius 1 is 1.29 bits per heavy atom. The molecule has 1 aliphatic carbocycles. The molecule has 0 radical (unpaired) electrons.